The molecular formula is C29H29FO3. The number of aliphatic carboxylic acids is 1. The molecule has 2 aliphatic carbocycles. The highest BCUT2D eigenvalue weighted by atomic mass is 19.1. The summed E-state index contributed by atoms with van der Waals surface area (Å²) in [5.41, 5.74) is 2.62. The lowest BCUT2D eigenvalue weighted by atomic mass is 9.63. The molecule has 0 aromatic heterocycles. The van der Waals surface area contributed by atoms with Crippen molar-refractivity contribution < 1.29 is 19.0 Å². The Morgan fingerprint density at radius 3 is 1.94 bits per heavy atom. The van der Waals surface area contributed by atoms with Gasteiger partial charge < -0.3 is 9.84 Å². The third kappa shape index (κ3) is 4.32. The molecule has 0 bridgehead atoms. The van der Waals surface area contributed by atoms with Crippen molar-refractivity contribution in [2.75, 3.05) is 6.61 Å². The van der Waals surface area contributed by atoms with Gasteiger partial charge in [0.15, 0.2) is 0 Å². The number of carbonyl (C=O) groups is 1. The molecule has 2 fully saturated rings. The minimum atomic E-state index is -0.873. The number of halogens is 1. The first kappa shape index (κ1) is 21.8. The lowest BCUT2D eigenvalue weighted by Gasteiger charge is -2.45. The van der Waals surface area contributed by atoms with Crippen LogP contribution in [0.4, 0.5) is 4.39 Å². The number of hydrogen-bond donors (Lipinski definition) is 1. The van der Waals surface area contributed by atoms with Crippen molar-refractivity contribution in [3.8, 4) is 11.1 Å². The van der Waals surface area contributed by atoms with E-state index in [4.69, 9.17) is 4.74 Å². The van der Waals surface area contributed by atoms with Gasteiger partial charge in [-0.2, -0.15) is 0 Å². The van der Waals surface area contributed by atoms with Crippen molar-refractivity contribution >= 4 is 5.97 Å². The maximum atomic E-state index is 13.3. The predicted molar refractivity (Wildman–Crippen MR) is 126 cm³/mol. The molecule has 3 aromatic rings. The molecule has 3 nitrogen and oxygen atoms in total. The van der Waals surface area contributed by atoms with Crippen molar-refractivity contribution in [3.05, 3.63) is 95.8 Å². The lowest BCUT2D eigenvalue weighted by Crippen LogP contribution is -2.46. The highest BCUT2D eigenvalue weighted by molar-refractivity contribution is 5.81. The average Bonchev–Trinajstić information content (AvgIpc) is 3.69. The van der Waals surface area contributed by atoms with Crippen LogP contribution in [0.3, 0.4) is 0 Å². The molecule has 0 atom stereocenters. The maximum Gasteiger partial charge on any atom is 0.314 e. The van der Waals surface area contributed by atoms with Gasteiger partial charge in [0, 0.05) is 0 Å². The van der Waals surface area contributed by atoms with Gasteiger partial charge >= 0.3 is 5.97 Å². The smallest absolute Gasteiger partial charge is 0.314 e. The highest BCUT2D eigenvalue weighted by Gasteiger charge is 2.50. The zero-order chi connectivity index (χ0) is 22.9. The van der Waals surface area contributed by atoms with Gasteiger partial charge in [-0.25, -0.2) is 4.39 Å². The Morgan fingerprint density at radius 2 is 1.39 bits per heavy atom. The second kappa shape index (κ2) is 8.75. The Bertz CT molecular complexity index is 1090. The normalized spacial score (nSPS) is 25.0. The third-order valence-electron chi connectivity index (χ3n) is 7.53. The molecule has 2 aliphatic rings. The summed E-state index contributed by atoms with van der Waals surface area (Å²) in [6, 6.07) is 24.4. The Balaban J connectivity index is 1.43. The van der Waals surface area contributed by atoms with Crippen molar-refractivity contribution in [1.82, 2.24) is 0 Å². The van der Waals surface area contributed by atoms with E-state index in [9.17, 15) is 14.3 Å². The molecule has 33 heavy (non-hydrogen) atoms. The fourth-order valence-electron chi connectivity index (χ4n) is 5.15. The van der Waals surface area contributed by atoms with E-state index in [0.717, 1.165) is 28.9 Å². The minimum Gasteiger partial charge on any atom is -0.481 e. The van der Waals surface area contributed by atoms with Crippen LogP contribution in [0.25, 0.3) is 11.1 Å². The Labute approximate surface area is 194 Å². The summed E-state index contributed by atoms with van der Waals surface area (Å²) >= 11 is 0. The molecule has 0 heterocycles. The van der Waals surface area contributed by atoms with Gasteiger partial charge in [0.1, 0.15) is 5.82 Å². The fourth-order valence-corrected chi connectivity index (χ4v) is 5.15. The Hall–Kier alpha value is -2.98. The SMILES string of the molecule is O=C(O)C1(c2ccccc2)CCC(OCC2CC2)(c2ccc(-c3ccc(F)cc3)cc2)CC1. The molecule has 0 unspecified atom stereocenters. The first-order valence-electron chi connectivity index (χ1n) is 11.8. The molecule has 2 saturated carbocycles. The zero-order valence-electron chi connectivity index (χ0n) is 18.7. The van der Waals surface area contributed by atoms with Crippen LogP contribution >= 0.6 is 0 Å². The number of ether oxygens (including phenoxy) is 1. The van der Waals surface area contributed by atoms with E-state index in [0.29, 0.717) is 31.6 Å². The Kier molecular flexibility index (Phi) is 5.79. The predicted octanol–water partition coefficient (Wildman–Crippen LogP) is 6.71. The Morgan fingerprint density at radius 1 is 0.818 bits per heavy atom. The van der Waals surface area contributed by atoms with E-state index in [1.165, 1.54) is 25.0 Å². The number of rotatable bonds is 7. The molecule has 3 aromatic carbocycles. The van der Waals surface area contributed by atoms with Gasteiger partial charge in [0.25, 0.3) is 0 Å². The minimum absolute atomic E-state index is 0.245. The van der Waals surface area contributed by atoms with Crippen molar-refractivity contribution in [1.29, 1.82) is 0 Å². The van der Waals surface area contributed by atoms with Gasteiger partial charge in [0.2, 0.25) is 0 Å². The van der Waals surface area contributed by atoms with Crippen LogP contribution in [0.15, 0.2) is 78.9 Å². The summed E-state index contributed by atoms with van der Waals surface area (Å²) in [6.07, 6.45) is 4.83. The summed E-state index contributed by atoms with van der Waals surface area (Å²) in [6.45, 7) is 0.727. The summed E-state index contributed by atoms with van der Waals surface area (Å²) in [5.74, 6) is -0.373. The third-order valence-corrected chi connectivity index (χ3v) is 7.53. The monoisotopic (exact) mass is 444 g/mol. The molecule has 0 amide bonds. The highest BCUT2D eigenvalue weighted by Crippen LogP contribution is 2.50. The molecular weight excluding hydrogens is 415 g/mol. The van der Waals surface area contributed by atoms with E-state index in [2.05, 4.69) is 24.3 Å². The molecule has 1 N–H and O–H groups in total. The summed E-state index contributed by atoms with van der Waals surface area (Å²) in [5, 5.41) is 10.2. The van der Waals surface area contributed by atoms with Crippen LogP contribution < -0.4 is 0 Å². The van der Waals surface area contributed by atoms with Crippen molar-refractivity contribution in [3.63, 3.8) is 0 Å². The van der Waals surface area contributed by atoms with E-state index in [1.807, 2.05) is 30.3 Å². The zero-order valence-corrected chi connectivity index (χ0v) is 18.7. The van der Waals surface area contributed by atoms with Crippen molar-refractivity contribution in [2.24, 2.45) is 5.92 Å². The molecule has 0 radical (unpaired) electrons. The number of hydrogen-bond acceptors (Lipinski definition) is 2. The summed E-state index contributed by atoms with van der Waals surface area (Å²) in [4.78, 5) is 12.5. The van der Waals surface area contributed by atoms with Crippen LogP contribution in [0.5, 0.6) is 0 Å². The molecule has 4 heteroatoms. The second-order valence-corrected chi connectivity index (χ2v) is 9.59. The summed E-state index contributed by atoms with van der Waals surface area (Å²) in [7, 11) is 0. The van der Waals surface area contributed by atoms with Gasteiger partial charge in [-0.3, -0.25) is 4.79 Å². The maximum absolute atomic E-state index is 13.3. The molecule has 0 spiro atoms. The van der Waals surface area contributed by atoms with Crippen LogP contribution in [0.1, 0.15) is 49.7 Å². The number of benzene rings is 3. The van der Waals surface area contributed by atoms with Crippen LogP contribution in [-0.4, -0.2) is 17.7 Å². The van der Waals surface area contributed by atoms with E-state index < -0.39 is 17.0 Å². The fraction of sp³-hybridized carbons (Fsp3) is 0.345. The second-order valence-electron chi connectivity index (χ2n) is 9.59. The molecule has 5 rings (SSSR count). The van der Waals surface area contributed by atoms with E-state index >= 15 is 0 Å². The van der Waals surface area contributed by atoms with Gasteiger partial charge in [-0.1, -0.05) is 66.7 Å². The van der Waals surface area contributed by atoms with Gasteiger partial charge in [-0.05, 0) is 78.8 Å². The largest absolute Gasteiger partial charge is 0.481 e. The van der Waals surface area contributed by atoms with Crippen LogP contribution in [-0.2, 0) is 20.5 Å². The van der Waals surface area contributed by atoms with E-state index in [-0.39, 0.29) is 5.82 Å². The molecule has 170 valence electrons. The standard InChI is InChI=1S/C29H29FO3/c30-26-14-10-23(11-15-26)22-8-12-25(13-9-22)29(33-20-21-6-7-21)18-16-28(17-19-29,27(31)32)24-4-2-1-3-5-24/h1-5,8-15,21H,6-7,16-20H2,(H,31,32). The van der Waals surface area contributed by atoms with E-state index in [1.54, 1.807) is 12.1 Å². The topological polar surface area (TPSA) is 46.5 Å². The first-order valence-corrected chi connectivity index (χ1v) is 11.8. The molecule has 0 saturated heterocycles. The van der Waals surface area contributed by atoms with Crippen LogP contribution in [0, 0.1) is 11.7 Å². The number of carboxylic acid groups (broad SMARTS) is 1. The summed E-state index contributed by atoms with van der Waals surface area (Å²) < 4.78 is 19.9. The van der Waals surface area contributed by atoms with Crippen molar-refractivity contribution in [2.45, 2.75) is 49.5 Å². The van der Waals surface area contributed by atoms with Crippen LogP contribution in [0.2, 0.25) is 0 Å². The molecule has 0 aliphatic heterocycles. The quantitative estimate of drug-likeness (QED) is 0.440. The first-order chi connectivity index (χ1) is 16.0. The van der Waals surface area contributed by atoms with Gasteiger partial charge in [-0.15, -0.1) is 0 Å². The van der Waals surface area contributed by atoms with Gasteiger partial charge in [0.05, 0.1) is 17.6 Å². The average molecular weight is 445 g/mol. The number of carboxylic acids is 1. The lowest BCUT2D eigenvalue weighted by molar-refractivity contribution is -0.151.